The van der Waals surface area contributed by atoms with Crippen LogP contribution in [0.4, 0.5) is 11.4 Å². The first-order valence-corrected chi connectivity index (χ1v) is 16.7. The van der Waals surface area contributed by atoms with Crippen LogP contribution in [0.2, 0.25) is 0 Å². The Labute approximate surface area is 311 Å². The van der Waals surface area contributed by atoms with Crippen LogP contribution in [0.1, 0.15) is 0 Å². The standard InChI is InChI=1S/C46H30N4.Pt/c1-4-14-32(15-5-1)34-24-27-42(48-41-22-12-10-20-37(41)40-26-25-35(31-47-40)33-16-6-2-7-17-33)39(30-34)43-28-29-45-46(49-43)38-21-11-13-23-44(38)50(45)36-18-8-3-9-19-36;/h1-20,22-31H;/q-2;+2. The first-order valence-electron chi connectivity index (χ1n) is 16.7. The molecule has 9 aromatic rings. The second-order valence-corrected chi connectivity index (χ2v) is 12.2. The number of nitrogens with zero attached hydrogens (tertiary/aromatic N) is 4. The van der Waals surface area contributed by atoms with E-state index in [9.17, 15) is 0 Å². The van der Waals surface area contributed by atoms with E-state index >= 15 is 0 Å². The van der Waals surface area contributed by atoms with E-state index in [4.69, 9.17) is 15.3 Å². The summed E-state index contributed by atoms with van der Waals surface area (Å²) in [6.07, 6.45) is 1.93. The van der Waals surface area contributed by atoms with Gasteiger partial charge in [0.2, 0.25) is 0 Å². The Morgan fingerprint density at radius 2 is 1.14 bits per heavy atom. The minimum Gasteiger partial charge on any atom is -0.657 e. The molecule has 0 aliphatic heterocycles. The van der Waals surface area contributed by atoms with E-state index in [1.165, 1.54) is 0 Å². The topological polar surface area (TPSA) is 44.8 Å². The number of fused-ring (bicyclic) bond motifs is 3. The van der Waals surface area contributed by atoms with Crippen molar-refractivity contribution in [1.82, 2.24) is 14.5 Å². The number of rotatable bonds is 7. The number of pyridine rings is 2. The number of hydrogen-bond acceptors (Lipinski definition) is 2. The van der Waals surface area contributed by atoms with E-state index in [2.05, 4.69) is 132 Å². The summed E-state index contributed by atoms with van der Waals surface area (Å²) in [5.74, 6) is 0. The predicted octanol–water partition coefficient (Wildman–Crippen LogP) is 12.4. The Morgan fingerprint density at radius 3 is 1.88 bits per heavy atom. The monoisotopic (exact) mass is 833 g/mol. The Morgan fingerprint density at radius 1 is 0.490 bits per heavy atom. The molecular weight excluding hydrogens is 804 g/mol. The average Bonchev–Trinajstić information content (AvgIpc) is 3.53. The minimum atomic E-state index is 0. The smallest absolute Gasteiger partial charge is 0.657 e. The molecule has 0 bridgehead atoms. The molecule has 0 unspecified atom stereocenters. The minimum absolute atomic E-state index is 0. The first-order chi connectivity index (χ1) is 24.8. The van der Waals surface area contributed by atoms with Gasteiger partial charge in [0.25, 0.3) is 0 Å². The van der Waals surface area contributed by atoms with Gasteiger partial charge in [0, 0.05) is 28.5 Å². The predicted molar refractivity (Wildman–Crippen MR) is 206 cm³/mol. The van der Waals surface area contributed by atoms with Gasteiger partial charge in [-0.2, -0.15) is 0 Å². The second-order valence-electron chi connectivity index (χ2n) is 12.2. The molecule has 0 saturated carbocycles. The van der Waals surface area contributed by atoms with Gasteiger partial charge in [-0.15, -0.1) is 35.6 Å². The summed E-state index contributed by atoms with van der Waals surface area (Å²) in [5, 5.41) is 6.30. The molecule has 9 rings (SSSR count). The zero-order valence-corrected chi connectivity index (χ0v) is 29.7. The molecule has 0 aliphatic rings. The molecule has 51 heavy (non-hydrogen) atoms. The average molecular weight is 834 g/mol. The van der Waals surface area contributed by atoms with Crippen molar-refractivity contribution < 1.29 is 21.1 Å². The molecule has 6 aromatic carbocycles. The van der Waals surface area contributed by atoms with Crippen molar-refractivity contribution in [3.8, 4) is 50.5 Å². The number of benzene rings is 6. The number of aromatic nitrogens is 3. The van der Waals surface area contributed by atoms with E-state index in [1.54, 1.807) is 0 Å². The van der Waals surface area contributed by atoms with Crippen LogP contribution < -0.4 is 0 Å². The van der Waals surface area contributed by atoms with Crippen LogP contribution in [0, 0.1) is 6.07 Å². The van der Waals surface area contributed by atoms with Gasteiger partial charge in [0.05, 0.1) is 11.4 Å². The van der Waals surface area contributed by atoms with Gasteiger partial charge in [-0.05, 0) is 69.7 Å². The van der Waals surface area contributed by atoms with E-state index in [0.717, 1.165) is 83.8 Å². The van der Waals surface area contributed by atoms with Crippen molar-refractivity contribution in [2.45, 2.75) is 0 Å². The molecule has 0 N–H and O–H groups in total. The van der Waals surface area contributed by atoms with Crippen molar-refractivity contribution in [2.75, 3.05) is 0 Å². The summed E-state index contributed by atoms with van der Waals surface area (Å²) >= 11 is 0. The molecule has 0 fully saturated rings. The summed E-state index contributed by atoms with van der Waals surface area (Å²) < 4.78 is 2.26. The Kier molecular flexibility index (Phi) is 8.84. The van der Waals surface area contributed by atoms with Crippen LogP contribution in [-0.2, 0) is 21.1 Å². The molecule has 4 nitrogen and oxygen atoms in total. The molecule has 0 amide bonds. The van der Waals surface area contributed by atoms with Crippen molar-refractivity contribution >= 4 is 33.3 Å². The van der Waals surface area contributed by atoms with Crippen LogP contribution in [0.25, 0.3) is 77.7 Å². The van der Waals surface area contributed by atoms with Crippen molar-refractivity contribution in [3.63, 3.8) is 0 Å². The van der Waals surface area contributed by atoms with Crippen LogP contribution in [0.5, 0.6) is 0 Å². The molecule has 0 aliphatic carbocycles. The zero-order valence-electron chi connectivity index (χ0n) is 27.4. The molecule has 3 aromatic heterocycles. The van der Waals surface area contributed by atoms with Crippen LogP contribution in [0.3, 0.4) is 0 Å². The van der Waals surface area contributed by atoms with Gasteiger partial charge < -0.3 is 9.88 Å². The van der Waals surface area contributed by atoms with Crippen molar-refractivity contribution in [3.05, 3.63) is 194 Å². The fourth-order valence-electron chi connectivity index (χ4n) is 6.68. The van der Waals surface area contributed by atoms with E-state index < -0.39 is 0 Å². The maximum Gasteiger partial charge on any atom is 2.00 e. The molecule has 3 heterocycles. The third kappa shape index (κ3) is 6.16. The molecular formula is C46H30N4Pt. The fourth-order valence-corrected chi connectivity index (χ4v) is 6.68. The van der Waals surface area contributed by atoms with Crippen LogP contribution >= 0.6 is 0 Å². The Balaban J connectivity index is 0.00000374. The summed E-state index contributed by atoms with van der Waals surface area (Å²) in [7, 11) is 0. The SMILES string of the molecule is [Pt+2].[c-]1cccc2c1c1nc(-c3cc(-c4ccccc4)ccc3[N-]c3ccccc3-c3ccc(-c4ccccc4)cn3)ccc1n2-c1ccccc1. The molecule has 0 atom stereocenters. The largest absolute Gasteiger partial charge is 2.00 e. The summed E-state index contributed by atoms with van der Waals surface area (Å²) in [6, 6.07) is 63.9. The summed E-state index contributed by atoms with van der Waals surface area (Å²) in [5.41, 5.74) is 13.9. The van der Waals surface area contributed by atoms with Crippen molar-refractivity contribution in [2.24, 2.45) is 0 Å². The number of hydrogen-bond donors (Lipinski definition) is 0. The molecule has 0 saturated heterocycles. The van der Waals surface area contributed by atoms with E-state index in [0.29, 0.717) is 0 Å². The third-order valence-electron chi connectivity index (χ3n) is 9.11. The molecule has 0 radical (unpaired) electrons. The Hall–Kier alpha value is -6.09. The van der Waals surface area contributed by atoms with Crippen LogP contribution in [-0.4, -0.2) is 14.5 Å². The van der Waals surface area contributed by atoms with Gasteiger partial charge in [-0.25, -0.2) is 0 Å². The zero-order chi connectivity index (χ0) is 33.3. The summed E-state index contributed by atoms with van der Waals surface area (Å²) in [6.45, 7) is 0. The maximum absolute atomic E-state index is 5.35. The van der Waals surface area contributed by atoms with Gasteiger partial charge in [0.15, 0.2) is 0 Å². The van der Waals surface area contributed by atoms with Gasteiger partial charge in [-0.3, -0.25) is 9.97 Å². The van der Waals surface area contributed by atoms with Crippen LogP contribution in [0.15, 0.2) is 182 Å². The van der Waals surface area contributed by atoms with Gasteiger partial charge >= 0.3 is 21.1 Å². The maximum atomic E-state index is 5.35. The summed E-state index contributed by atoms with van der Waals surface area (Å²) in [4.78, 5) is 10.2. The fraction of sp³-hybridized carbons (Fsp3) is 0. The van der Waals surface area contributed by atoms with E-state index in [-0.39, 0.29) is 21.1 Å². The second kappa shape index (κ2) is 14.0. The third-order valence-corrected chi connectivity index (χ3v) is 9.11. The van der Waals surface area contributed by atoms with E-state index in [1.807, 2.05) is 60.8 Å². The molecule has 5 heteroatoms. The first kappa shape index (κ1) is 32.1. The van der Waals surface area contributed by atoms with Crippen molar-refractivity contribution in [1.29, 1.82) is 0 Å². The number of para-hydroxylation sites is 2. The van der Waals surface area contributed by atoms with Gasteiger partial charge in [0.1, 0.15) is 0 Å². The van der Waals surface area contributed by atoms with Gasteiger partial charge in [-0.1, -0.05) is 127 Å². The molecule has 0 spiro atoms. The quantitative estimate of drug-likeness (QED) is 0.150. The Bertz CT molecular complexity index is 2600. The molecule has 244 valence electrons. The normalized spacial score (nSPS) is 11.0.